The Morgan fingerprint density at radius 3 is 2.72 bits per heavy atom. The van der Waals surface area contributed by atoms with E-state index >= 15 is 0 Å². The van der Waals surface area contributed by atoms with Crippen LogP contribution < -0.4 is 10.2 Å². The molecule has 6 nitrogen and oxygen atoms in total. The Hall–Kier alpha value is -2.75. The van der Waals surface area contributed by atoms with Crippen LogP contribution in [0.2, 0.25) is 0 Å². The average Bonchev–Trinajstić information content (AvgIpc) is 3.39. The highest BCUT2D eigenvalue weighted by atomic mass is 32.2. The van der Waals surface area contributed by atoms with Crippen LogP contribution in [0.1, 0.15) is 29.3 Å². The Morgan fingerprint density at radius 1 is 1.12 bits per heavy atom. The van der Waals surface area contributed by atoms with Crippen LogP contribution in [0, 0.1) is 20.8 Å². The number of rotatable bonds is 7. The molecule has 0 unspecified atom stereocenters. The number of aromatic nitrogens is 3. The minimum Gasteiger partial charge on any atom is -0.330 e. The van der Waals surface area contributed by atoms with Crippen molar-refractivity contribution in [2.75, 3.05) is 10.2 Å². The van der Waals surface area contributed by atoms with Crippen LogP contribution in [0.3, 0.4) is 0 Å². The van der Waals surface area contributed by atoms with Gasteiger partial charge in [0, 0.05) is 23.7 Å². The third-order valence-electron chi connectivity index (χ3n) is 4.88. The third-order valence-corrected chi connectivity index (χ3v) is 7.76. The van der Waals surface area contributed by atoms with Gasteiger partial charge in [-0.05, 0) is 55.7 Å². The maximum Gasteiger partial charge on any atom is 0.230 e. The second kappa shape index (κ2) is 9.81. The molecule has 0 spiro atoms. The highest BCUT2D eigenvalue weighted by Crippen LogP contribution is 2.35. The van der Waals surface area contributed by atoms with Crippen LogP contribution >= 0.6 is 34.4 Å². The van der Waals surface area contributed by atoms with E-state index in [1.165, 1.54) is 28.2 Å². The maximum atomic E-state index is 12.4. The van der Waals surface area contributed by atoms with E-state index in [0.29, 0.717) is 10.9 Å². The van der Waals surface area contributed by atoms with Gasteiger partial charge >= 0.3 is 0 Å². The molecule has 0 aliphatic carbocycles. The van der Waals surface area contributed by atoms with Gasteiger partial charge in [-0.2, -0.15) is 0 Å². The molecule has 164 valence electrons. The zero-order valence-corrected chi connectivity index (χ0v) is 20.7. The Kier molecular flexibility index (Phi) is 6.88. The number of hydrogen-bond donors (Lipinski definition) is 1. The molecule has 0 bridgehead atoms. The topological polar surface area (TPSA) is 71.0 Å². The fourth-order valence-electron chi connectivity index (χ4n) is 3.15. The zero-order valence-electron chi connectivity index (χ0n) is 18.2. The summed E-state index contributed by atoms with van der Waals surface area (Å²) in [5.74, 6) is 0.608. The van der Waals surface area contributed by atoms with Crippen LogP contribution in [0.25, 0.3) is 0 Å². The Labute approximate surface area is 199 Å². The summed E-state index contributed by atoms with van der Waals surface area (Å²) in [4.78, 5) is 18.8. The molecular weight excluding hydrogens is 458 g/mol. The predicted octanol–water partition coefficient (Wildman–Crippen LogP) is 6.64. The number of amides is 1. The van der Waals surface area contributed by atoms with Gasteiger partial charge in [-0.25, -0.2) is 4.98 Å². The number of nitrogens with zero attached hydrogens (tertiary/aromatic N) is 4. The summed E-state index contributed by atoms with van der Waals surface area (Å²) >= 11 is 4.58. The summed E-state index contributed by atoms with van der Waals surface area (Å²) in [6.45, 7) is 7.71. The molecule has 0 saturated carbocycles. The van der Waals surface area contributed by atoms with E-state index in [0.717, 1.165) is 37.7 Å². The van der Waals surface area contributed by atoms with Crippen molar-refractivity contribution in [3.05, 3.63) is 70.2 Å². The second-order valence-electron chi connectivity index (χ2n) is 7.35. The lowest BCUT2D eigenvalue weighted by Gasteiger charge is -2.21. The van der Waals surface area contributed by atoms with Crippen molar-refractivity contribution in [2.45, 2.75) is 37.8 Å². The molecule has 4 rings (SSSR count). The van der Waals surface area contributed by atoms with E-state index in [9.17, 15) is 4.79 Å². The van der Waals surface area contributed by atoms with Gasteiger partial charge in [0.1, 0.15) is 0 Å². The number of carbonyl (C=O) groups is 1. The van der Waals surface area contributed by atoms with Crippen molar-refractivity contribution >= 4 is 62.0 Å². The number of nitrogens with one attached hydrogen (secondary N) is 1. The first-order valence-corrected chi connectivity index (χ1v) is 12.7. The van der Waals surface area contributed by atoms with E-state index < -0.39 is 0 Å². The first-order valence-electron chi connectivity index (χ1n) is 10.0. The molecule has 9 heteroatoms. The fourth-order valence-corrected chi connectivity index (χ4v) is 5.80. The highest BCUT2D eigenvalue weighted by Gasteiger charge is 2.20. The van der Waals surface area contributed by atoms with Crippen LogP contribution in [-0.4, -0.2) is 21.1 Å². The Balaban J connectivity index is 1.44. The van der Waals surface area contributed by atoms with Crippen molar-refractivity contribution in [3.8, 4) is 0 Å². The largest absolute Gasteiger partial charge is 0.330 e. The van der Waals surface area contributed by atoms with E-state index in [1.54, 1.807) is 23.6 Å². The van der Waals surface area contributed by atoms with Gasteiger partial charge in [-0.15, -0.1) is 21.5 Å². The third kappa shape index (κ3) is 5.17. The van der Waals surface area contributed by atoms with Gasteiger partial charge in [0.25, 0.3) is 0 Å². The summed E-state index contributed by atoms with van der Waals surface area (Å²) < 4.78 is 0.868. The van der Waals surface area contributed by atoms with Gasteiger partial charge in [0.15, 0.2) is 9.47 Å². The molecule has 0 saturated heterocycles. The fraction of sp³-hybridized carbons (Fsp3) is 0.217. The van der Waals surface area contributed by atoms with E-state index in [-0.39, 0.29) is 5.91 Å². The number of carbonyl (C=O) groups excluding carboxylic acids is 1. The highest BCUT2D eigenvalue weighted by molar-refractivity contribution is 8.00. The molecule has 1 amide bonds. The lowest BCUT2D eigenvalue weighted by molar-refractivity contribution is -0.115. The summed E-state index contributed by atoms with van der Waals surface area (Å²) in [6, 6.07) is 14.1. The normalized spacial score (nSPS) is 10.9. The lowest BCUT2D eigenvalue weighted by atomic mass is 10.1. The smallest absolute Gasteiger partial charge is 0.230 e. The van der Waals surface area contributed by atoms with Crippen molar-refractivity contribution in [2.24, 2.45) is 0 Å². The Morgan fingerprint density at radius 2 is 1.94 bits per heavy atom. The molecule has 0 aliphatic heterocycles. The molecule has 2 aromatic carbocycles. The monoisotopic (exact) mass is 481 g/mol. The van der Waals surface area contributed by atoms with Crippen molar-refractivity contribution in [1.29, 1.82) is 0 Å². The van der Waals surface area contributed by atoms with Crippen molar-refractivity contribution < 1.29 is 4.79 Å². The quantitative estimate of drug-likeness (QED) is 0.298. The minimum absolute atomic E-state index is 0.0526. The van der Waals surface area contributed by atoms with Gasteiger partial charge in [0.2, 0.25) is 11.0 Å². The van der Waals surface area contributed by atoms with Crippen molar-refractivity contribution in [1.82, 2.24) is 15.2 Å². The van der Waals surface area contributed by atoms with Gasteiger partial charge in [-0.1, -0.05) is 47.4 Å². The molecule has 2 heterocycles. The summed E-state index contributed by atoms with van der Waals surface area (Å²) in [5, 5.41) is 15.2. The number of aryl methyl sites for hydroxylation is 2. The molecule has 2 aromatic heterocycles. The van der Waals surface area contributed by atoms with Gasteiger partial charge in [-0.3, -0.25) is 9.69 Å². The van der Waals surface area contributed by atoms with Crippen LogP contribution in [0.4, 0.5) is 21.6 Å². The second-order valence-corrected chi connectivity index (χ2v) is 10.4. The predicted molar refractivity (Wildman–Crippen MR) is 135 cm³/mol. The number of hydrogen-bond acceptors (Lipinski definition) is 8. The van der Waals surface area contributed by atoms with Crippen LogP contribution in [0.5, 0.6) is 0 Å². The first kappa shape index (κ1) is 22.4. The van der Waals surface area contributed by atoms with Crippen LogP contribution in [-0.2, 0) is 10.5 Å². The molecule has 1 N–H and O–H groups in total. The zero-order chi connectivity index (χ0) is 22.7. The SMILES string of the molecule is CC(=O)N(c1nc(CSc2nnc(Nc3cccc(C)c3)s2)cs1)c1cccc(C)c1C. The summed E-state index contributed by atoms with van der Waals surface area (Å²) in [6.07, 6.45) is 0. The average molecular weight is 482 g/mol. The minimum atomic E-state index is -0.0526. The molecule has 32 heavy (non-hydrogen) atoms. The lowest BCUT2D eigenvalue weighted by Crippen LogP contribution is -2.23. The van der Waals surface area contributed by atoms with E-state index in [2.05, 4.69) is 34.6 Å². The molecule has 4 aromatic rings. The summed E-state index contributed by atoms with van der Waals surface area (Å²) in [7, 11) is 0. The van der Waals surface area contributed by atoms with Crippen molar-refractivity contribution in [3.63, 3.8) is 0 Å². The molecule has 0 aliphatic rings. The maximum absolute atomic E-state index is 12.4. The number of anilines is 4. The number of benzene rings is 2. The molecule has 0 radical (unpaired) electrons. The van der Waals surface area contributed by atoms with E-state index in [1.807, 2.05) is 49.6 Å². The number of thioether (sulfide) groups is 1. The molecule has 0 fully saturated rings. The molecular formula is C23H23N5OS3. The molecule has 0 atom stereocenters. The number of thiazole rings is 1. The van der Waals surface area contributed by atoms with Crippen LogP contribution in [0.15, 0.2) is 52.2 Å². The Bertz CT molecular complexity index is 1250. The standard InChI is InChI=1S/C23H23N5OS3/c1-14-7-5-9-18(11-14)24-21-26-27-23(32-21)31-13-19-12-30-22(25-19)28(17(4)29)20-10-6-8-15(2)16(20)3/h5-12H,13H2,1-4H3,(H,24,26). The van der Waals surface area contributed by atoms with Gasteiger partial charge in [0.05, 0.1) is 11.4 Å². The van der Waals surface area contributed by atoms with Gasteiger partial charge < -0.3 is 5.32 Å². The van der Waals surface area contributed by atoms with E-state index in [4.69, 9.17) is 4.98 Å². The summed E-state index contributed by atoms with van der Waals surface area (Å²) in [5.41, 5.74) is 6.20. The first-order chi connectivity index (χ1) is 15.4.